The summed E-state index contributed by atoms with van der Waals surface area (Å²) in [4.78, 5) is 1.44. The van der Waals surface area contributed by atoms with Crippen LogP contribution < -0.4 is 4.90 Å². The van der Waals surface area contributed by atoms with E-state index >= 15 is 0 Å². The second kappa shape index (κ2) is 6.34. The molecule has 0 spiro atoms. The van der Waals surface area contributed by atoms with E-state index in [0.717, 1.165) is 18.6 Å². The maximum atomic E-state index is 12.4. The van der Waals surface area contributed by atoms with Crippen LogP contribution in [-0.4, -0.2) is 32.3 Å². The minimum atomic E-state index is -5.27. The Morgan fingerprint density at radius 2 is 1.75 bits per heavy atom. The molecule has 1 aromatic carbocycles. The Kier molecular flexibility index (Phi) is 5.48. The Balaban J connectivity index is 2.90. The highest BCUT2D eigenvalue weighted by atomic mass is 79.9. The monoisotopic (exact) mass is 373 g/mol. The van der Waals surface area contributed by atoms with Gasteiger partial charge in [-0.15, -0.1) is 0 Å². The van der Waals surface area contributed by atoms with E-state index in [1.54, 1.807) is 7.05 Å². The largest absolute Gasteiger partial charge is 0.501 e. The van der Waals surface area contributed by atoms with Gasteiger partial charge < -0.3 is 4.90 Å². The molecule has 3 nitrogen and oxygen atoms in total. The summed E-state index contributed by atoms with van der Waals surface area (Å²) in [5.41, 5.74) is -4.61. The van der Waals surface area contributed by atoms with Gasteiger partial charge >= 0.3 is 5.51 Å². The van der Waals surface area contributed by atoms with Crippen LogP contribution in [0.3, 0.4) is 0 Å². The van der Waals surface area contributed by atoms with E-state index in [9.17, 15) is 21.6 Å². The smallest absolute Gasteiger partial charge is 0.375 e. The number of anilines is 1. The number of benzene rings is 1. The van der Waals surface area contributed by atoms with Crippen molar-refractivity contribution >= 4 is 31.5 Å². The first kappa shape index (κ1) is 17.3. The Labute approximate surface area is 124 Å². The molecule has 0 heterocycles. The lowest BCUT2D eigenvalue weighted by molar-refractivity contribution is -0.0436. The third-order valence-electron chi connectivity index (χ3n) is 2.75. The van der Waals surface area contributed by atoms with Crippen LogP contribution in [0.25, 0.3) is 0 Å². The number of sulfone groups is 1. The zero-order valence-corrected chi connectivity index (χ0v) is 13.4. The third kappa shape index (κ3) is 4.12. The Bertz CT molecular complexity index is 541. The summed E-state index contributed by atoms with van der Waals surface area (Å²) < 4.78 is 59.6. The first-order valence-electron chi connectivity index (χ1n) is 5.82. The van der Waals surface area contributed by atoms with E-state index in [-0.39, 0.29) is 0 Å². The van der Waals surface area contributed by atoms with E-state index in [0.29, 0.717) is 17.1 Å². The van der Waals surface area contributed by atoms with Crippen LogP contribution in [-0.2, 0) is 9.84 Å². The fourth-order valence-corrected chi connectivity index (χ4v) is 2.48. The molecule has 0 aliphatic heterocycles. The molecular weight excluding hydrogens is 359 g/mol. The van der Waals surface area contributed by atoms with E-state index in [1.165, 1.54) is 12.1 Å². The maximum absolute atomic E-state index is 12.4. The predicted octanol–water partition coefficient (Wildman–Crippen LogP) is 3.59. The fourth-order valence-electron chi connectivity index (χ4n) is 1.51. The number of hydrogen-bond donors (Lipinski definition) is 0. The molecule has 0 aliphatic carbocycles. The molecule has 1 unspecified atom stereocenters. The predicted molar refractivity (Wildman–Crippen MR) is 76.0 cm³/mol. The molecule has 0 amide bonds. The van der Waals surface area contributed by atoms with Gasteiger partial charge in [-0.25, -0.2) is 8.42 Å². The Morgan fingerprint density at radius 3 is 2.15 bits per heavy atom. The normalized spacial score (nSPS) is 14.1. The topological polar surface area (TPSA) is 37.4 Å². The van der Waals surface area contributed by atoms with Crippen LogP contribution in [0.1, 0.15) is 13.3 Å². The standard InChI is InChI=1S/C12H15BrF3NO2S/c1-9(13)7-8-17(2)10-3-5-11(6-4-10)20(18,19)12(14,15)16/h3-6,9H,7-8H2,1-2H3. The summed E-state index contributed by atoms with van der Waals surface area (Å²) in [5, 5.41) is 0. The number of rotatable bonds is 5. The van der Waals surface area contributed by atoms with Gasteiger partial charge in [0.25, 0.3) is 9.84 Å². The van der Waals surface area contributed by atoms with Crippen LogP contribution in [0, 0.1) is 0 Å². The highest BCUT2D eigenvalue weighted by Gasteiger charge is 2.46. The number of alkyl halides is 4. The lowest BCUT2D eigenvalue weighted by atomic mass is 10.2. The van der Waals surface area contributed by atoms with Crippen molar-refractivity contribution in [1.82, 2.24) is 0 Å². The zero-order valence-electron chi connectivity index (χ0n) is 11.0. The van der Waals surface area contributed by atoms with Crippen molar-refractivity contribution in [2.45, 2.75) is 28.6 Å². The van der Waals surface area contributed by atoms with Gasteiger partial charge in [-0.3, -0.25) is 0 Å². The first-order chi connectivity index (χ1) is 9.05. The van der Waals surface area contributed by atoms with E-state index in [4.69, 9.17) is 0 Å². The van der Waals surface area contributed by atoms with E-state index in [1.807, 2.05) is 11.8 Å². The quantitative estimate of drug-likeness (QED) is 0.740. The van der Waals surface area contributed by atoms with Gasteiger partial charge in [-0.1, -0.05) is 22.9 Å². The van der Waals surface area contributed by atoms with E-state index < -0.39 is 20.2 Å². The van der Waals surface area contributed by atoms with Crippen molar-refractivity contribution in [2.24, 2.45) is 0 Å². The van der Waals surface area contributed by atoms with Crippen molar-refractivity contribution in [1.29, 1.82) is 0 Å². The fraction of sp³-hybridized carbons (Fsp3) is 0.500. The molecule has 0 radical (unpaired) electrons. The third-order valence-corrected chi connectivity index (χ3v) is 4.71. The van der Waals surface area contributed by atoms with Crippen LogP contribution in [0.15, 0.2) is 29.2 Å². The molecule has 0 fully saturated rings. The molecule has 0 aromatic heterocycles. The number of halogens is 4. The molecule has 1 aromatic rings. The SMILES string of the molecule is CC(Br)CCN(C)c1ccc(S(=O)(=O)C(F)(F)F)cc1. The van der Waals surface area contributed by atoms with Gasteiger partial charge in [0.05, 0.1) is 4.90 Å². The average Bonchev–Trinajstić information content (AvgIpc) is 2.34. The first-order valence-corrected chi connectivity index (χ1v) is 8.22. The highest BCUT2D eigenvalue weighted by molar-refractivity contribution is 9.09. The van der Waals surface area contributed by atoms with Crippen molar-refractivity contribution in [2.75, 3.05) is 18.5 Å². The van der Waals surface area contributed by atoms with Crippen molar-refractivity contribution in [3.05, 3.63) is 24.3 Å². The summed E-state index contributed by atoms with van der Waals surface area (Å²) >= 11 is 3.40. The van der Waals surface area contributed by atoms with Crippen molar-refractivity contribution < 1.29 is 21.6 Å². The summed E-state index contributed by atoms with van der Waals surface area (Å²) in [7, 11) is -3.48. The molecule has 1 atom stereocenters. The molecule has 0 bridgehead atoms. The van der Waals surface area contributed by atoms with Gasteiger partial charge in [0.2, 0.25) is 0 Å². The second-order valence-corrected chi connectivity index (χ2v) is 7.94. The summed E-state index contributed by atoms with van der Waals surface area (Å²) in [6.45, 7) is 2.70. The Morgan fingerprint density at radius 1 is 1.25 bits per heavy atom. The minimum Gasteiger partial charge on any atom is -0.375 e. The maximum Gasteiger partial charge on any atom is 0.501 e. The average molecular weight is 374 g/mol. The van der Waals surface area contributed by atoms with Gasteiger partial charge in [-0.2, -0.15) is 13.2 Å². The Hall–Kier alpha value is -0.760. The molecule has 0 saturated carbocycles. The van der Waals surface area contributed by atoms with Crippen LogP contribution in [0.2, 0.25) is 0 Å². The summed E-state index contributed by atoms with van der Waals surface area (Å²) in [6, 6.07) is 4.70. The summed E-state index contributed by atoms with van der Waals surface area (Å²) in [5.74, 6) is 0. The highest BCUT2D eigenvalue weighted by Crippen LogP contribution is 2.31. The number of hydrogen-bond acceptors (Lipinski definition) is 3. The van der Waals surface area contributed by atoms with Gasteiger partial charge in [-0.05, 0) is 30.7 Å². The summed E-state index contributed by atoms with van der Waals surface area (Å²) in [6.07, 6.45) is 0.860. The van der Waals surface area contributed by atoms with Gasteiger partial charge in [0.15, 0.2) is 0 Å². The molecule has 114 valence electrons. The molecule has 0 aliphatic rings. The molecule has 0 N–H and O–H groups in total. The van der Waals surface area contributed by atoms with Gasteiger partial charge in [0, 0.05) is 24.1 Å². The lowest BCUT2D eigenvalue weighted by Crippen LogP contribution is -2.23. The molecular formula is C12H15BrF3NO2S. The second-order valence-electron chi connectivity index (χ2n) is 4.43. The zero-order chi connectivity index (χ0) is 15.6. The number of nitrogens with zero attached hydrogens (tertiary/aromatic N) is 1. The van der Waals surface area contributed by atoms with Crippen molar-refractivity contribution in [3.8, 4) is 0 Å². The minimum absolute atomic E-state index is 0.329. The molecule has 1 rings (SSSR count). The van der Waals surface area contributed by atoms with Crippen molar-refractivity contribution in [3.63, 3.8) is 0 Å². The molecule has 8 heteroatoms. The van der Waals surface area contributed by atoms with Crippen LogP contribution in [0.4, 0.5) is 18.9 Å². The van der Waals surface area contributed by atoms with E-state index in [2.05, 4.69) is 15.9 Å². The van der Waals surface area contributed by atoms with Crippen LogP contribution >= 0.6 is 15.9 Å². The van der Waals surface area contributed by atoms with Crippen LogP contribution in [0.5, 0.6) is 0 Å². The van der Waals surface area contributed by atoms with Gasteiger partial charge in [0.1, 0.15) is 0 Å². The molecule has 0 saturated heterocycles. The lowest BCUT2D eigenvalue weighted by Gasteiger charge is -2.20. The molecule has 20 heavy (non-hydrogen) atoms.